The van der Waals surface area contributed by atoms with Crippen LogP contribution in [0.5, 0.6) is 0 Å². The second kappa shape index (κ2) is 13.1. The van der Waals surface area contributed by atoms with Gasteiger partial charge >= 0.3 is 21.7 Å². The molecule has 0 aromatic rings. The molecule has 0 atom stereocenters. The van der Waals surface area contributed by atoms with Crippen molar-refractivity contribution in [1.29, 1.82) is 0 Å². The van der Waals surface area contributed by atoms with Crippen molar-refractivity contribution in [3.05, 3.63) is 46.8 Å². The topological polar surface area (TPSA) is 0 Å². The maximum absolute atomic E-state index is 3.55. The summed E-state index contributed by atoms with van der Waals surface area (Å²) >= 11 is 0. The fraction of sp³-hybridized carbons (Fsp3) is 0.636. The van der Waals surface area contributed by atoms with Crippen molar-refractivity contribution in [3.8, 4) is 0 Å². The molecule has 0 bridgehead atoms. The van der Waals surface area contributed by atoms with Gasteiger partial charge in [-0.1, -0.05) is 75.8 Å². The number of hydrogen-bond acceptors (Lipinski definition) is 0. The first-order valence-electron chi connectivity index (χ1n) is 10.3. The molecule has 0 N–H and O–H groups in total. The van der Waals surface area contributed by atoms with E-state index in [1.54, 1.807) is 34.6 Å². The largest absolute Gasteiger partial charge is 4.00 e. The smallest absolute Gasteiger partial charge is 1.00 e. The summed E-state index contributed by atoms with van der Waals surface area (Å²) in [6, 6.07) is 9.22. The molecule has 5 heteroatoms. The Labute approximate surface area is 197 Å². The number of rotatable bonds is 6. The standard InChI is InChI=1S/2C11H17Si.2ClH.Ti/c2*1-2-8-12(9-5-10-12)11-6-3-4-7-11;;;/h2*3,6H,2,4-5,8-10H2,1H3;2*1H;/q2*-1;;;+4/p-2. The molecule has 2 aliphatic carbocycles. The van der Waals surface area contributed by atoms with E-state index in [2.05, 4.69) is 50.3 Å². The van der Waals surface area contributed by atoms with E-state index in [-0.39, 0.29) is 46.5 Å². The molecule has 0 unspecified atom stereocenters. The van der Waals surface area contributed by atoms with Crippen LogP contribution in [0, 0.1) is 12.2 Å². The van der Waals surface area contributed by atoms with Crippen LogP contribution in [0.2, 0.25) is 36.3 Å². The van der Waals surface area contributed by atoms with E-state index in [0.717, 1.165) is 12.8 Å². The van der Waals surface area contributed by atoms with E-state index in [1.165, 1.54) is 37.8 Å². The summed E-state index contributed by atoms with van der Waals surface area (Å²) in [6.07, 6.45) is 24.3. The van der Waals surface area contributed by atoms with Gasteiger partial charge in [-0.15, -0.1) is 12.8 Å². The fourth-order valence-electron chi connectivity index (χ4n) is 5.01. The van der Waals surface area contributed by atoms with Crippen LogP contribution >= 0.6 is 0 Å². The normalized spacial score (nSPS) is 22.4. The van der Waals surface area contributed by atoms with Gasteiger partial charge in [0.15, 0.2) is 0 Å². The zero-order valence-electron chi connectivity index (χ0n) is 17.1. The molecule has 2 fully saturated rings. The Kier molecular flexibility index (Phi) is 13.4. The summed E-state index contributed by atoms with van der Waals surface area (Å²) in [5.41, 5.74) is 0. The number of hydrogen-bond donors (Lipinski definition) is 0. The van der Waals surface area contributed by atoms with Gasteiger partial charge in [-0.05, 0) is 0 Å². The van der Waals surface area contributed by atoms with E-state index in [0.29, 0.717) is 0 Å². The maximum atomic E-state index is 3.55. The molecule has 4 rings (SSSR count). The predicted octanol–water partition coefficient (Wildman–Crippen LogP) is 0.961. The molecule has 148 valence electrons. The minimum atomic E-state index is -0.891. The number of allylic oxidation sites excluding steroid dienone is 8. The summed E-state index contributed by atoms with van der Waals surface area (Å²) in [5.74, 6) is 0. The summed E-state index contributed by atoms with van der Waals surface area (Å²) in [5, 5.41) is 3.33. The summed E-state index contributed by atoms with van der Waals surface area (Å²) in [4.78, 5) is 0. The zero-order valence-corrected chi connectivity index (χ0v) is 22.1. The molecule has 4 aliphatic rings. The van der Waals surface area contributed by atoms with Gasteiger partial charge in [-0.2, -0.15) is 12.2 Å². The average molecular weight is 473 g/mol. The SMILES string of the molecule is CCC[Si]1(C2=[C-]CC=C2)CCC1.CCC[Si]1(C2=[C-]CC=C2)CCC1.[Cl-].[Cl-].[Ti+4]. The van der Waals surface area contributed by atoms with Crippen LogP contribution in [0.3, 0.4) is 0 Å². The monoisotopic (exact) mass is 472 g/mol. The Morgan fingerprint density at radius 1 is 0.741 bits per heavy atom. The Morgan fingerprint density at radius 2 is 1.11 bits per heavy atom. The van der Waals surface area contributed by atoms with Gasteiger partial charge in [0.2, 0.25) is 0 Å². The minimum absolute atomic E-state index is 0. The summed E-state index contributed by atoms with van der Waals surface area (Å²) < 4.78 is 0. The van der Waals surface area contributed by atoms with Gasteiger partial charge in [-0.25, -0.2) is 22.5 Å². The molecular weight excluding hydrogens is 439 g/mol. The molecule has 2 saturated heterocycles. The third-order valence-electron chi connectivity index (χ3n) is 6.61. The van der Waals surface area contributed by atoms with E-state index in [9.17, 15) is 0 Å². The van der Waals surface area contributed by atoms with Crippen LogP contribution in [-0.4, -0.2) is 16.1 Å². The molecule has 0 nitrogen and oxygen atoms in total. The summed E-state index contributed by atoms with van der Waals surface area (Å²) in [6.45, 7) is 4.65. The van der Waals surface area contributed by atoms with Crippen LogP contribution in [0.15, 0.2) is 34.7 Å². The molecule has 0 amide bonds. The first kappa shape index (κ1) is 27.7. The average Bonchev–Trinajstić information content (AvgIpc) is 3.20. The zero-order chi connectivity index (χ0) is 16.9. The third-order valence-corrected chi connectivity index (χ3v) is 17.7. The first-order valence-corrected chi connectivity index (χ1v) is 15.5. The van der Waals surface area contributed by atoms with Crippen molar-refractivity contribution in [2.45, 2.75) is 88.6 Å². The van der Waals surface area contributed by atoms with Crippen molar-refractivity contribution in [2.24, 2.45) is 0 Å². The molecule has 0 aromatic carbocycles. The summed E-state index contributed by atoms with van der Waals surface area (Å²) in [7, 11) is -1.78. The molecular formula is C22H34Cl2Si2Ti. The molecule has 2 heterocycles. The Bertz CT molecular complexity index is 509. The van der Waals surface area contributed by atoms with Gasteiger partial charge in [0.25, 0.3) is 0 Å². The Balaban J connectivity index is 0.000000451. The maximum Gasteiger partial charge on any atom is 4.00 e. The van der Waals surface area contributed by atoms with Gasteiger partial charge in [0.05, 0.1) is 0 Å². The molecule has 0 saturated carbocycles. The third kappa shape index (κ3) is 6.33. The van der Waals surface area contributed by atoms with Crippen LogP contribution in [-0.2, 0) is 21.7 Å². The van der Waals surface area contributed by atoms with Crippen LogP contribution < -0.4 is 24.8 Å². The second-order valence-electron chi connectivity index (χ2n) is 8.16. The van der Waals surface area contributed by atoms with Crippen LogP contribution in [0.4, 0.5) is 0 Å². The van der Waals surface area contributed by atoms with Crippen molar-refractivity contribution >= 4 is 16.1 Å². The van der Waals surface area contributed by atoms with Gasteiger partial charge in [0, 0.05) is 16.1 Å². The van der Waals surface area contributed by atoms with Crippen molar-refractivity contribution in [3.63, 3.8) is 0 Å². The first-order chi connectivity index (χ1) is 11.7. The van der Waals surface area contributed by atoms with Gasteiger partial charge in [-0.3, -0.25) is 12.2 Å². The molecule has 27 heavy (non-hydrogen) atoms. The van der Waals surface area contributed by atoms with E-state index in [1.807, 2.05) is 0 Å². The van der Waals surface area contributed by atoms with Crippen LogP contribution in [0.25, 0.3) is 0 Å². The van der Waals surface area contributed by atoms with E-state index >= 15 is 0 Å². The molecule has 0 spiro atoms. The Morgan fingerprint density at radius 3 is 1.30 bits per heavy atom. The number of halogens is 2. The molecule has 0 radical (unpaired) electrons. The quantitative estimate of drug-likeness (QED) is 0.399. The van der Waals surface area contributed by atoms with Crippen molar-refractivity contribution < 1.29 is 46.5 Å². The predicted molar refractivity (Wildman–Crippen MR) is 111 cm³/mol. The van der Waals surface area contributed by atoms with Crippen molar-refractivity contribution in [2.75, 3.05) is 0 Å². The van der Waals surface area contributed by atoms with Crippen LogP contribution in [0.1, 0.15) is 52.4 Å². The minimum Gasteiger partial charge on any atom is -1.00 e. The van der Waals surface area contributed by atoms with E-state index < -0.39 is 16.1 Å². The van der Waals surface area contributed by atoms with Gasteiger partial charge in [0.1, 0.15) is 0 Å². The molecule has 0 aromatic heterocycles. The second-order valence-corrected chi connectivity index (χ2v) is 17.4. The van der Waals surface area contributed by atoms with E-state index in [4.69, 9.17) is 0 Å². The Hall–Kier alpha value is 0.688. The fourth-order valence-corrected chi connectivity index (χ4v) is 13.9. The van der Waals surface area contributed by atoms with Crippen molar-refractivity contribution in [1.82, 2.24) is 0 Å². The molecule has 2 aliphatic heterocycles. The van der Waals surface area contributed by atoms with Gasteiger partial charge < -0.3 is 24.8 Å².